The van der Waals surface area contributed by atoms with Crippen LogP contribution >= 0.6 is 11.3 Å². The molecule has 0 bridgehead atoms. The van der Waals surface area contributed by atoms with E-state index in [0.29, 0.717) is 10.8 Å². The predicted octanol–water partition coefficient (Wildman–Crippen LogP) is 2.65. The molecule has 1 aromatic carbocycles. The maximum absolute atomic E-state index is 13.6. The molecule has 0 aliphatic rings. The molecule has 27 heavy (non-hydrogen) atoms. The predicted molar refractivity (Wildman–Crippen MR) is 100 cm³/mol. The van der Waals surface area contributed by atoms with Crippen LogP contribution in [0.2, 0.25) is 0 Å². The highest BCUT2D eigenvalue weighted by Crippen LogP contribution is 2.24. The second-order valence-electron chi connectivity index (χ2n) is 5.41. The maximum atomic E-state index is 13.6. The van der Waals surface area contributed by atoms with Crippen LogP contribution in [0.15, 0.2) is 59.1 Å². The number of thiazole rings is 1. The van der Waals surface area contributed by atoms with Gasteiger partial charge in [0.25, 0.3) is 0 Å². The SMILES string of the molecule is O=C(CCNS(=O)(=O)c1ccccc1F)Nc1nc(-c2cccnc2)cs1. The molecule has 0 unspecified atom stereocenters. The monoisotopic (exact) mass is 406 g/mol. The van der Waals surface area contributed by atoms with Gasteiger partial charge >= 0.3 is 0 Å². The van der Waals surface area contributed by atoms with Crippen LogP contribution in [-0.4, -0.2) is 30.8 Å². The number of nitrogens with one attached hydrogen (secondary N) is 2. The van der Waals surface area contributed by atoms with Crippen LogP contribution in [-0.2, 0) is 14.8 Å². The third kappa shape index (κ3) is 4.94. The molecular weight excluding hydrogens is 391 g/mol. The Bertz CT molecular complexity index is 1040. The third-order valence-electron chi connectivity index (χ3n) is 3.48. The van der Waals surface area contributed by atoms with E-state index in [1.165, 1.54) is 23.5 Å². The first-order chi connectivity index (χ1) is 13.0. The number of aromatic nitrogens is 2. The summed E-state index contributed by atoms with van der Waals surface area (Å²) in [6, 6.07) is 8.68. The molecule has 10 heteroatoms. The lowest BCUT2D eigenvalue weighted by molar-refractivity contribution is -0.116. The lowest BCUT2D eigenvalue weighted by Gasteiger charge is -2.07. The van der Waals surface area contributed by atoms with Gasteiger partial charge in [-0.05, 0) is 24.3 Å². The van der Waals surface area contributed by atoms with Crippen molar-refractivity contribution in [3.05, 3.63) is 60.0 Å². The van der Waals surface area contributed by atoms with E-state index in [-0.39, 0.29) is 13.0 Å². The first-order valence-electron chi connectivity index (χ1n) is 7.86. The number of hydrogen-bond acceptors (Lipinski definition) is 6. The molecule has 0 radical (unpaired) electrons. The molecule has 2 N–H and O–H groups in total. The Kier molecular flexibility index (Phi) is 5.89. The Morgan fingerprint density at radius 3 is 2.74 bits per heavy atom. The summed E-state index contributed by atoms with van der Waals surface area (Å²) in [6.07, 6.45) is 3.20. The highest BCUT2D eigenvalue weighted by atomic mass is 32.2. The Morgan fingerprint density at radius 2 is 2.00 bits per heavy atom. The van der Waals surface area contributed by atoms with Gasteiger partial charge in [0.1, 0.15) is 10.7 Å². The lowest BCUT2D eigenvalue weighted by atomic mass is 10.2. The van der Waals surface area contributed by atoms with E-state index in [4.69, 9.17) is 0 Å². The van der Waals surface area contributed by atoms with E-state index in [1.54, 1.807) is 23.8 Å². The van der Waals surface area contributed by atoms with E-state index in [0.717, 1.165) is 17.7 Å². The van der Waals surface area contributed by atoms with E-state index < -0.39 is 26.6 Å². The molecule has 0 aliphatic carbocycles. The van der Waals surface area contributed by atoms with Crippen molar-refractivity contribution < 1.29 is 17.6 Å². The number of nitrogens with zero attached hydrogens (tertiary/aromatic N) is 2. The fourth-order valence-corrected chi connectivity index (χ4v) is 4.04. The molecule has 0 fully saturated rings. The zero-order valence-corrected chi connectivity index (χ0v) is 15.6. The molecule has 2 heterocycles. The Labute approximate surface area is 159 Å². The zero-order chi connectivity index (χ0) is 19.3. The average Bonchev–Trinajstić information content (AvgIpc) is 3.11. The highest BCUT2D eigenvalue weighted by Gasteiger charge is 2.18. The summed E-state index contributed by atoms with van der Waals surface area (Å²) >= 11 is 1.25. The minimum absolute atomic E-state index is 0.116. The number of amides is 1. The topological polar surface area (TPSA) is 101 Å². The number of anilines is 1. The molecule has 0 saturated heterocycles. The number of benzene rings is 1. The van der Waals surface area contributed by atoms with Gasteiger partial charge in [-0.2, -0.15) is 0 Å². The van der Waals surface area contributed by atoms with Crippen LogP contribution in [0.25, 0.3) is 11.3 Å². The minimum atomic E-state index is -4.02. The standard InChI is InChI=1S/C17H15FN4O3S2/c18-13-5-1-2-6-15(13)27(24,25)20-9-7-16(23)22-17-21-14(11-26-17)12-4-3-8-19-10-12/h1-6,8,10-11,20H,7,9H2,(H,21,22,23). The number of hydrogen-bond donors (Lipinski definition) is 2. The zero-order valence-electron chi connectivity index (χ0n) is 13.9. The van der Waals surface area contributed by atoms with Crippen molar-refractivity contribution in [1.82, 2.24) is 14.7 Å². The van der Waals surface area contributed by atoms with E-state index in [2.05, 4.69) is 20.0 Å². The summed E-state index contributed by atoms with van der Waals surface area (Å²) in [5.74, 6) is -1.25. The molecule has 2 aromatic heterocycles. The number of rotatable bonds is 7. The summed E-state index contributed by atoms with van der Waals surface area (Å²) < 4.78 is 39.9. The lowest BCUT2D eigenvalue weighted by Crippen LogP contribution is -2.28. The summed E-state index contributed by atoms with van der Waals surface area (Å²) in [5.41, 5.74) is 1.51. The van der Waals surface area contributed by atoms with Crippen LogP contribution in [0.1, 0.15) is 6.42 Å². The molecular formula is C17H15FN4O3S2. The van der Waals surface area contributed by atoms with Crippen LogP contribution < -0.4 is 10.0 Å². The molecule has 7 nitrogen and oxygen atoms in total. The summed E-state index contributed by atoms with van der Waals surface area (Å²) in [7, 11) is -4.02. The summed E-state index contributed by atoms with van der Waals surface area (Å²) in [5, 5.41) is 4.79. The first-order valence-corrected chi connectivity index (χ1v) is 10.2. The largest absolute Gasteiger partial charge is 0.302 e. The van der Waals surface area contributed by atoms with Crippen molar-refractivity contribution >= 4 is 32.4 Å². The van der Waals surface area contributed by atoms with Crippen molar-refractivity contribution in [2.75, 3.05) is 11.9 Å². The number of halogens is 1. The van der Waals surface area contributed by atoms with Gasteiger partial charge < -0.3 is 5.32 Å². The van der Waals surface area contributed by atoms with Crippen LogP contribution in [0.3, 0.4) is 0 Å². The van der Waals surface area contributed by atoms with Gasteiger partial charge in [-0.25, -0.2) is 22.5 Å². The van der Waals surface area contributed by atoms with Gasteiger partial charge in [0.05, 0.1) is 5.69 Å². The number of carbonyl (C=O) groups is 1. The van der Waals surface area contributed by atoms with Gasteiger partial charge in [0, 0.05) is 36.3 Å². The van der Waals surface area contributed by atoms with Gasteiger partial charge in [0.15, 0.2) is 5.13 Å². The smallest absolute Gasteiger partial charge is 0.243 e. The van der Waals surface area contributed by atoms with Crippen LogP contribution in [0.5, 0.6) is 0 Å². The fourth-order valence-electron chi connectivity index (χ4n) is 2.20. The summed E-state index contributed by atoms with van der Waals surface area (Å²) in [4.78, 5) is 19.8. The maximum Gasteiger partial charge on any atom is 0.243 e. The van der Waals surface area contributed by atoms with E-state index in [1.807, 2.05) is 6.07 Å². The van der Waals surface area contributed by atoms with Gasteiger partial charge in [-0.15, -0.1) is 11.3 Å². The molecule has 3 aromatic rings. The van der Waals surface area contributed by atoms with Crippen molar-refractivity contribution in [2.24, 2.45) is 0 Å². The summed E-state index contributed by atoms with van der Waals surface area (Å²) in [6.45, 7) is -0.163. The van der Waals surface area contributed by atoms with E-state index >= 15 is 0 Å². The van der Waals surface area contributed by atoms with Crippen LogP contribution in [0, 0.1) is 5.82 Å². The minimum Gasteiger partial charge on any atom is -0.302 e. The van der Waals surface area contributed by atoms with Gasteiger partial charge in [-0.1, -0.05) is 12.1 Å². The van der Waals surface area contributed by atoms with Gasteiger partial charge in [0.2, 0.25) is 15.9 Å². The fraction of sp³-hybridized carbons (Fsp3) is 0.118. The van der Waals surface area contributed by atoms with Crippen molar-refractivity contribution in [3.63, 3.8) is 0 Å². The number of pyridine rings is 1. The number of carbonyl (C=O) groups excluding carboxylic acids is 1. The molecule has 0 saturated carbocycles. The second-order valence-corrected chi connectivity index (χ2v) is 8.00. The second kappa shape index (κ2) is 8.33. The molecule has 140 valence electrons. The van der Waals surface area contributed by atoms with E-state index in [9.17, 15) is 17.6 Å². The van der Waals surface area contributed by atoms with Crippen molar-refractivity contribution in [2.45, 2.75) is 11.3 Å². The quantitative estimate of drug-likeness (QED) is 0.628. The third-order valence-corrected chi connectivity index (χ3v) is 5.73. The Morgan fingerprint density at radius 1 is 1.19 bits per heavy atom. The Hall–Kier alpha value is -2.69. The molecule has 3 rings (SSSR count). The van der Waals surface area contributed by atoms with Crippen molar-refractivity contribution in [3.8, 4) is 11.3 Å². The highest BCUT2D eigenvalue weighted by molar-refractivity contribution is 7.89. The first kappa shape index (κ1) is 19.1. The molecule has 0 spiro atoms. The normalized spacial score (nSPS) is 11.3. The van der Waals surface area contributed by atoms with Gasteiger partial charge in [-0.3, -0.25) is 9.78 Å². The van der Waals surface area contributed by atoms with Crippen LogP contribution in [0.4, 0.5) is 9.52 Å². The number of sulfonamides is 1. The van der Waals surface area contributed by atoms with Crippen molar-refractivity contribution in [1.29, 1.82) is 0 Å². The molecule has 0 aliphatic heterocycles. The Balaban J connectivity index is 1.53. The average molecular weight is 406 g/mol. The molecule has 1 amide bonds. The molecule has 0 atom stereocenters.